The van der Waals surface area contributed by atoms with Crippen molar-refractivity contribution in [3.63, 3.8) is 0 Å². The number of aliphatic hydroxyl groups is 1. The maximum atomic E-state index is 10.8. The lowest BCUT2D eigenvalue weighted by atomic mass is 9.99. The first kappa shape index (κ1) is 15.5. The van der Waals surface area contributed by atoms with Crippen LogP contribution in [0.25, 0.3) is 0 Å². The number of ether oxygens (including phenoxy) is 1. The van der Waals surface area contributed by atoms with E-state index >= 15 is 0 Å². The molecule has 0 aliphatic rings. The summed E-state index contributed by atoms with van der Waals surface area (Å²) in [6.45, 7) is 4.96. The van der Waals surface area contributed by atoms with Gasteiger partial charge in [-0.3, -0.25) is 4.79 Å². The van der Waals surface area contributed by atoms with Gasteiger partial charge in [0.25, 0.3) is 0 Å². The number of nitrogens with one attached hydrogen (secondary N) is 1. The minimum absolute atomic E-state index is 0.123. The van der Waals surface area contributed by atoms with Crippen molar-refractivity contribution in [3.8, 4) is 5.75 Å². The van der Waals surface area contributed by atoms with Crippen LogP contribution in [0.5, 0.6) is 5.75 Å². The van der Waals surface area contributed by atoms with Crippen LogP contribution in [0.15, 0.2) is 24.3 Å². The Kier molecular flexibility index (Phi) is 6.32. The second kappa shape index (κ2) is 7.76. The molecule has 19 heavy (non-hydrogen) atoms. The second-order valence-electron chi connectivity index (χ2n) is 4.21. The van der Waals surface area contributed by atoms with Gasteiger partial charge in [-0.25, -0.2) is 0 Å². The van der Waals surface area contributed by atoms with Crippen molar-refractivity contribution in [1.82, 2.24) is 5.32 Å². The van der Waals surface area contributed by atoms with Crippen LogP contribution in [0.3, 0.4) is 0 Å². The molecule has 106 valence electrons. The summed E-state index contributed by atoms with van der Waals surface area (Å²) in [4.78, 5) is 10.8. The van der Waals surface area contributed by atoms with Crippen molar-refractivity contribution >= 4 is 5.97 Å². The predicted molar refractivity (Wildman–Crippen MR) is 72.3 cm³/mol. The molecule has 0 bridgehead atoms. The van der Waals surface area contributed by atoms with Gasteiger partial charge < -0.3 is 20.3 Å². The predicted octanol–water partition coefficient (Wildman–Crippen LogP) is 1.57. The van der Waals surface area contributed by atoms with E-state index in [1.165, 1.54) is 0 Å². The van der Waals surface area contributed by atoms with Gasteiger partial charge >= 0.3 is 5.97 Å². The van der Waals surface area contributed by atoms with Gasteiger partial charge in [-0.05, 0) is 31.2 Å². The first-order valence-corrected chi connectivity index (χ1v) is 6.44. The number of hydrogen-bond donors (Lipinski definition) is 3. The van der Waals surface area contributed by atoms with E-state index in [-0.39, 0.29) is 6.42 Å². The van der Waals surface area contributed by atoms with Crippen LogP contribution in [0, 0.1) is 0 Å². The van der Waals surface area contributed by atoms with Gasteiger partial charge in [-0.1, -0.05) is 19.1 Å². The van der Waals surface area contributed by atoms with E-state index in [0.29, 0.717) is 18.7 Å². The molecule has 0 heterocycles. The van der Waals surface area contributed by atoms with Gasteiger partial charge in [-0.15, -0.1) is 0 Å². The van der Waals surface area contributed by atoms with Crippen LogP contribution in [-0.4, -0.2) is 35.4 Å². The van der Waals surface area contributed by atoms with E-state index in [1.807, 2.05) is 13.8 Å². The van der Waals surface area contributed by atoms with Crippen molar-refractivity contribution in [2.24, 2.45) is 0 Å². The minimum atomic E-state index is -0.934. The summed E-state index contributed by atoms with van der Waals surface area (Å²) in [5.74, 6) is -0.201. The monoisotopic (exact) mass is 267 g/mol. The Hall–Kier alpha value is -1.59. The highest BCUT2D eigenvalue weighted by atomic mass is 16.5. The molecule has 5 heteroatoms. The molecule has 2 atom stereocenters. The Morgan fingerprint density at radius 3 is 2.42 bits per heavy atom. The second-order valence-corrected chi connectivity index (χ2v) is 4.21. The van der Waals surface area contributed by atoms with Gasteiger partial charge in [0.2, 0.25) is 0 Å². The largest absolute Gasteiger partial charge is 0.494 e. The lowest BCUT2D eigenvalue weighted by Crippen LogP contribution is -2.36. The van der Waals surface area contributed by atoms with Crippen LogP contribution in [0.2, 0.25) is 0 Å². The number of aliphatic carboxylic acids is 1. The molecule has 0 aromatic heterocycles. The molecule has 5 nitrogen and oxygen atoms in total. The van der Waals surface area contributed by atoms with Gasteiger partial charge in [0, 0.05) is 6.04 Å². The highest BCUT2D eigenvalue weighted by molar-refractivity contribution is 5.67. The van der Waals surface area contributed by atoms with E-state index in [2.05, 4.69) is 5.32 Å². The van der Waals surface area contributed by atoms with Crippen molar-refractivity contribution in [3.05, 3.63) is 29.8 Å². The molecule has 1 aromatic carbocycles. The fourth-order valence-electron chi connectivity index (χ4n) is 1.91. The molecule has 0 saturated carbocycles. The highest BCUT2D eigenvalue weighted by Gasteiger charge is 2.22. The SMILES string of the molecule is CCNC(CC(=O)O)C(O)c1ccc(OCC)cc1. The molecule has 2 unspecified atom stereocenters. The number of rotatable bonds is 8. The van der Waals surface area contributed by atoms with Crippen LogP contribution in [-0.2, 0) is 4.79 Å². The van der Waals surface area contributed by atoms with E-state index in [0.717, 1.165) is 5.75 Å². The van der Waals surface area contributed by atoms with Crippen LogP contribution >= 0.6 is 0 Å². The Morgan fingerprint density at radius 1 is 1.32 bits per heavy atom. The quantitative estimate of drug-likeness (QED) is 0.666. The first-order chi connectivity index (χ1) is 9.08. The van der Waals surface area contributed by atoms with Gasteiger partial charge in [0.15, 0.2) is 0 Å². The number of benzene rings is 1. The molecule has 0 aliphatic heterocycles. The normalized spacial score (nSPS) is 13.8. The Labute approximate surface area is 113 Å². The highest BCUT2D eigenvalue weighted by Crippen LogP contribution is 2.22. The van der Waals surface area contributed by atoms with Crippen LogP contribution in [0.4, 0.5) is 0 Å². The number of aliphatic hydroxyl groups excluding tert-OH is 1. The smallest absolute Gasteiger partial charge is 0.305 e. The van der Waals surface area contributed by atoms with Crippen molar-refractivity contribution in [2.75, 3.05) is 13.2 Å². The molecule has 3 N–H and O–H groups in total. The summed E-state index contributed by atoms with van der Waals surface area (Å²) >= 11 is 0. The van der Waals surface area contributed by atoms with Crippen LogP contribution < -0.4 is 10.1 Å². The summed E-state index contributed by atoms with van der Waals surface area (Å²) in [6, 6.07) is 6.54. The maximum absolute atomic E-state index is 10.8. The van der Waals surface area contributed by atoms with Gasteiger partial charge in [0.1, 0.15) is 5.75 Å². The van der Waals surface area contributed by atoms with E-state index in [9.17, 15) is 9.90 Å². The van der Waals surface area contributed by atoms with Crippen LogP contribution in [0.1, 0.15) is 31.9 Å². The Morgan fingerprint density at radius 2 is 1.95 bits per heavy atom. The van der Waals surface area contributed by atoms with Gasteiger partial charge in [0.05, 0.1) is 19.1 Å². The molecule has 0 amide bonds. The number of likely N-dealkylation sites (N-methyl/N-ethyl adjacent to an activating group) is 1. The molecule has 0 fully saturated rings. The zero-order chi connectivity index (χ0) is 14.3. The summed E-state index contributed by atoms with van der Waals surface area (Å²) in [5.41, 5.74) is 0.677. The minimum Gasteiger partial charge on any atom is -0.494 e. The van der Waals surface area contributed by atoms with Crippen molar-refractivity contribution < 1.29 is 19.7 Å². The third kappa shape index (κ3) is 4.89. The molecular weight excluding hydrogens is 246 g/mol. The molecular formula is C14H21NO4. The molecule has 0 spiro atoms. The number of carbonyl (C=O) groups is 1. The third-order valence-corrected chi connectivity index (χ3v) is 2.77. The zero-order valence-electron chi connectivity index (χ0n) is 11.3. The van der Waals surface area contributed by atoms with E-state index in [1.54, 1.807) is 24.3 Å². The standard InChI is InChI=1S/C14H21NO4/c1-3-15-12(9-13(16)17)14(18)10-5-7-11(8-6-10)19-4-2/h5-8,12,14-15,18H,3-4,9H2,1-2H3,(H,16,17). The maximum Gasteiger partial charge on any atom is 0.305 e. The fourth-order valence-corrected chi connectivity index (χ4v) is 1.91. The fraction of sp³-hybridized carbons (Fsp3) is 0.500. The summed E-state index contributed by atoms with van der Waals surface area (Å²) < 4.78 is 5.32. The average Bonchev–Trinajstić information content (AvgIpc) is 2.38. The zero-order valence-corrected chi connectivity index (χ0v) is 11.3. The Balaban J connectivity index is 2.77. The van der Waals surface area contributed by atoms with Crippen molar-refractivity contribution in [1.29, 1.82) is 0 Å². The lowest BCUT2D eigenvalue weighted by Gasteiger charge is -2.22. The molecule has 0 aliphatic carbocycles. The van der Waals surface area contributed by atoms with E-state index < -0.39 is 18.1 Å². The first-order valence-electron chi connectivity index (χ1n) is 6.44. The summed E-state index contributed by atoms with van der Waals surface area (Å²) in [5, 5.41) is 22.1. The Bertz CT molecular complexity index is 391. The molecule has 1 rings (SSSR count). The summed E-state index contributed by atoms with van der Waals surface area (Å²) in [7, 11) is 0. The van der Waals surface area contributed by atoms with Crippen molar-refractivity contribution in [2.45, 2.75) is 32.4 Å². The number of carboxylic acid groups (broad SMARTS) is 1. The topological polar surface area (TPSA) is 78.8 Å². The number of hydrogen-bond acceptors (Lipinski definition) is 4. The number of carboxylic acids is 1. The third-order valence-electron chi connectivity index (χ3n) is 2.77. The molecule has 0 saturated heterocycles. The van der Waals surface area contributed by atoms with Gasteiger partial charge in [-0.2, -0.15) is 0 Å². The summed E-state index contributed by atoms with van der Waals surface area (Å²) in [6.07, 6.45) is -0.978. The lowest BCUT2D eigenvalue weighted by molar-refractivity contribution is -0.138. The van der Waals surface area contributed by atoms with E-state index in [4.69, 9.17) is 9.84 Å². The molecule has 1 aromatic rings. The molecule has 0 radical (unpaired) electrons. The average molecular weight is 267 g/mol.